The van der Waals surface area contributed by atoms with E-state index in [1.165, 1.54) is 40.9 Å². The Morgan fingerprint density at radius 1 is 0.299 bits per heavy atom. The van der Waals surface area contributed by atoms with E-state index >= 15 is 19.2 Å². The van der Waals surface area contributed by atoms with Gasteiger partial charge in [-0.3, -0.25) is 53.1 Å². The van der Waals surface area contributed by atoms with E-state index < -0.39 is 47.3 Å². The number of thioether (sulfide) groups is 1. The summed E-state index contributed by atoms with van der Waals surface area (Å²) in [7, 11) is 0. The Morgan fingerprint density at radius 2 is 0.547 bits per heavy atom. The lowest BCUT2D eigenvalue weighted by Crippen LogP contribution is -2.46. The molecule has 1 fully saturated rings. The molecule has 706 valence electrons. The molecule has 12 aromatic rings. The van der Waals surface area contributed by atoms with Crippen LogP contribution in [0.3, 0.4) is 0 Å². The van der Waals surface area contributed by atoms with Gasteiger partial charge in [-0.25, -0.2) is 0 Å². The summed E-state index contributed by atoms with van der Waals surface area (Å²) in [5.41, 5.74) is 7.02. The Morgan fingerprint density at radius 3 is 0.810 bits per heavy atom. The number of benzene rings is 12. The van der Waals surface area contributed by atoms with Gasteiger partial charge in [-0.15, -0.1) is 0 Å². The number of hydrogen-bond donors (Lipinski definition) is 8. The molecule has 0 radical (unpaired) electrons. The van der Waals surface area contributed by atoms with Crippen LogP contribution < -0.4 is 80.4 Å². The fourth-order valence-electron chi connectivity index (χ4n) is 15.2. The third-order valence-corrected chi connectivity index (χ3v) is 23.9. The van der Waals surface area contributed by atoms with Crippen LogP contribution in [0.25, 0.3) is 0 Å². The fraction of sp³-hybridized carbons (Fsp3) is 0.250. The van der Waals surface area contributed by atoms with Crippen LogP contribution in [0.15, 0.2) is 291 Å². The molecule has 15 rings (SSSR count). The summed E-state index contributed by atoms with van der Waals surface area (Å²) in [5, 5.41) is 24.9. The maximum atomic E-state index is 15.4. The first-order valence-corrected chi connectivity index (χ1v) is 47.2. The third kappa shape index (κ3) is 28.4. The van der Waals surface area contributed by atoms with Crippen LogP contribution >= 0.6 is 24.0 Å². The van der Waals surface area contributed by atoms with Crippen molar-refractivity contribution in [1.82, 2.24) is 57.2 Å². The number of nitrogens with zero attached hydrogens (tertiary/aromatic N) is 3. The van der Waals surface area contributed by atoms with E-state index in [0.29, 0.717) is 29.6 Å². The molecule has 3 aliphatic rings. The molecule has 8 amide bonds. The summed E-state index contributed by atoms with van der Waals surface area (Å²) in [4.78, 5) is 125. The fourth-order valence-corrected chi connectivity index (χ4v) is 16.4. The van der Waals surface area contributed by atoms with Crippen LogP contribution in [-0.2, 0) is 52.9 Å². The molecule has 0 aromatic heterocycles. The number of nitrogens with one attached hydrogen (secondary N) is 8. The molecular formula is C108H111N11O16S2. The van der Waals surface area contributed by atoms with Crippen LogP contribution in [0.1, 0.15) is 141 Å². The van der Waals surface area contributed by atoms with Gasteiger partial charge in [0.1, 0.15) is 57.2 Å². The quantitative estimate of drug-likeness (QED) is 0.0134. The molecule has 0 aliphatic carbocycles. The normalized spacial score (nSPS) is 13.8. The van der Waals surface area contributed by atoms with Crippen molar-refractivity contribution in [2.24, 2.45) is 0 Å². The van der Waals surface area contributed by atoms with E-state index in [2.05, 4.69) is 42.5 Å². The molecule has 4 bridgehead atoms. The summed E-state index contributed by atoms with van der Waals surface area (Å²) in [6.07, 6.45) is 0.656. The highest BCUT2D eigenvalue weighted by molar-refractivity contribution is 8.23. The first kappa shape index (κ1) is 98.1. The van der Waals surface area contributed by atoms with Gasteiger partial charge in [-0.05, 0) is 99.5 Å². The van der Waals surface area contributed by atoms with E-state index in [1.54, 1.807) is 24.3 Å². The third-order valence-electron chi connectivity index (χ3n) is 22.5. The van der Waals surface area contributed by atoms with Gasteiger partial charge in [0.05, 0.1) is 44.5 Å². The average Bonchev–Trinajstić information content (AvgIpc) is 1.70. The highest BCUT2D eigenvalue weighted by Gasteiger charge is 2.34. The van der Waals surface area contributed by atoms with Crippen molar-refractivity contribution in [3.05, 3.63) is 380 Å². The predicted octanol–water partition coefficient (Wildman–Crippen LogP) is 14.6. The summed E-state index contributed by atoms with van der Waals surface area (Å²) < 4.78 is 53.7. The number of thiocarbonyl (C=S) groups is 1. The molecule has 0 saturated carbocycles. The minimum absolute atomic E-state index is 0.000963. The van der Waals surface area contributed by atoms with Gasteiger partial charge in [0.15, 0.2) is 46.0 Å². The Kier molecular flexibility index (Phi) is 36.9. The van der Waals surface area contributed by atoms with Crippen LogP contribution in [0.5, 0.6) is 46.0 Å². The number of carbonyl (C=O) groups is 8. The van der Waals surface area contributed by atoms with Crippen molar-refractivity contribution in [3.63, 3.8) is 0 Å². The number of amides is 8. The average molecular weight is 1880 g/mol. The maximum absolute atomic E-state index is 15.4. The Labute approximate surface area is 807 Å². The summed E-state index contributed by atoms with van der Waals surface area (Å²) in [6.45, 7) is 4.47. The molecule has 8 N–H and O–H groups in total. The molecule has 3 aliphatic heterocycles. The standard InChI is InChI=1S/C108H111N11O16S2/c1-2-51-110-100(120)84-43-46-87(95(131-71-79-33-17-6-18-34-79)92(84)128-68-76-27-11-3-12-28-76)103(123)113-56-60-117-61-57-114-104(124)88-47-44-85(93(129-69-77-29-13-4-14-30-77)96(88)132-72-80-35-19-7-20-36-80)101(121)111-54-52-109-53-55-112-102(122)86-45-48-89(97(133-73-81-37-21-8-22-38-81)94(86)130-70-78-31-15-5-16-32-78)105(125)115-58-62-118(65-64-117)63-59-116-106(126)90-49-50-91(107(127)119-66-67-137-108(119)136)99(135-75-83-41-25-10-26-42-83)98(90)134-74-82-39-23-9-24-40-82/h3-50,109H,2,51-75H2,1H3,(H,110,120)(H,111,121)(H,112,122)(H,113,123)(H,114,124)(H,115,125)(H,116,126). The second kappa shape index (κ2) is 51.6. The molecule has 1 saturated heterocycles. The molecule has 0 atom stereocenters. The monoisotopic (exact) mass is 1880 g/mol. The zero-order valence-corrected chi connectivity index (χ0v) is 77.9. The maximum Gasteiger partial charge on any atom is 0.263 e. The first-order chi connectivity index (χ1) is 67.2. The number of fused-ring (bicyclic) bond motifs is 21. The lowest BCUT2D eigenvalue weighted by atomic mass is 10.1. The Hall–Kier alpha value is -14.9. The molecule has 27 nitrogen and oxygen atoms in total. The van der Waals surface area contributed by atoms with E-state index in [-0.39, 0.29) is 235 Å². The Bertz CT molecular complexity index is 5920. The SMILES string of the molecule is CCCNC(=O)c1ccc(C(=O)NCCN2CCNC(=O)c3ccc(c(OCc4ccccc4)c3OCc3ccccc3)C(=O)NCCNCCNC(=O)c3ccc(c(OCc4ccccc4)c3OCc3ccccc3)C(=O)NCCN(CCNC(=O)c3ccc(C(=O)N4CCSC4=S)c(OCc4ccccc4)c3OCc3ccccc3)CC2)c(OCc2ccccc2)c1OCc1ccccc1. The topological polar surface area (TPSA) is 316 Å². The number of rotatable bonds is 36. The van der Waals surface area contributed by atoms with Crippen molar-refractivity contribution in [2.75, 3.05) is 110 Å². The number of ether oxygens (including phenoxy) is 8. The van der Waals surface area contributed by atoms with Gasteiger partial charge in [0, 0.05) is 110 Å². The zero-order valence-electron chi connectivity index (χ0n) is 76.3. The summed E-state index contributed by atoms with van der Waals surface area (Å²) in [5.74, 6) is -3.28. The predicted molar refractivity (Wildman–Crippen MR) is 530 cm³/mol. The van der Waals surface area contributed by atoms with Crippen LogP contribution in [0.4, 0.5) is 0 Å². The van der Waals surface area contributed by atoms with Gasteiger partial charge in [0.25, 0.3) is 47.3 Å². The molecule has 12 aromatic carbocycles. The van der Waals surface area contributed by atoms with E-state index in [4.69, 9.17) is 50.1 Å². The van der Waals surface area contributed by atoms with Crippen molar-refractivity contribution < 1.29 is 76.3 Å². The highest BCUT2D eigenvalue weighted by Crippen LogP contribution is 2.43. The number of hydrogen-bond acceptors (Lipinski definition) is 21. The van der Waals surface area contributed by atoms with Gasteiger partial charge >= 0.3 is 0 Å². The lowest BCUT2D eigenvalue weighted by Gasteiger charge is -2.28. The van der Waals surface area contributed by atoms with Gasteiger partial charge in [0.2, 0.25) is 0 Å². The van der Waals surface area contributed by atoms with Crippen molar-refractivity contribution in [1.29, 1.82) is 0 Å². The molecule has 29 heteroatoms. The smallest absolute Gasteiger partial charge is 0.263 e. The first-order valence-electron chi connectivity index (χ1n) is 45.8. The van der Waals surface area contributed by atoms with Gasteiger partial charge < -0.3 is 80.4 Å². The van der Waals surface area contributed by atoms with Crippen LogP contribution in [0.2, 0.25) is 0 Å². The molecule has 137 heavy (non-hydrogen) atoms. The minimum Gasteiger partial charge on any atom is -0.484 e. The largest absolute Gasteiger partial charge is 0.484 e. The van der Waals surface area contributed by atoms with Crippen LogP contribution in [0, 0.1) is 0 Å². The second-order valence-electron chi connectivity index (χ2n) is 32.3. The summed E-state index contributed by atoms with van der Waals surface area (Å²) in [6, 6.07) is 87.5. The summed E-state index contributed by atoms with van der Waals surface area (Å²) >= 11 is 7.09. The molecular weight excluding hydrogens is 1770 g/mol. The highest BCUT2D eigenvalue weighted by atomic mass is 32.2. The minimum atomic E-state index is -0.567. The van der Waals surface area contributed by atoms with Crippen molar-refractivity contribution >= 4 is 75.6 Å². The van der Waals surface area contributed by atoms with Gasteiger partial charge in [-0.1, -0.05) is 274 Å². The molecule has 0 unspecified atom stereocenters. The number of carbonyl (C=O) groups excluding carboxylic acids is 8. The second-order valence-corrected chi connectivity index (χ2v) is 34.0. The van der Waals surface area contributed by atoms with Crippen molar-refractivity contribution in [2.45, 2.75) is 66.2 Å². The van der Waals surface area contributed by atoms with Crippen LogP contribution in [-0.4, -0.2) is 177 Å². The van der Waals surface area contributed by atoms with Crippen molar-refractivity contribution in [3.8, 4) is 46.0 Å². The van der Waals surface area contributed by atoms with E-state index in [1.807, 2.05) is 259 Å². The Balaban J connectivity index is 0.828. The molecule has 0 spiro atoms. The van der Waals surface area contributed by atoms with E-state index in [9.17, 15) is 19.2 Å². The van der Waals surface area contributed by atoms with E-state index in [0.717, 1.165) is 44.5 Å². The molecule has 3 heterocycles. The zero-order chi connectivity index (χ0) is 95.1. The van der Waals surface area contributed by atoms with Gasteiger partial charge in [-0.2, -0.15) is 0 Å². The lowest BCUT2D eigenvalue weighted by molar-refractivity contribution is 0.0850.